The highest BCUT2D eigenvalue weighted by Crippen LogP contribution is 2.25. The van der Waals surface area contributed by atoms with Crippen molar-refractivity contribution in [2.24, 2.45) is 5.92 Å². The Morgan fingerprint density at radius 1 is 1.11 bits per heavy atom. The van der Waals surface area contributed by atoms with Gasteiger partial charge in [-0.15, -0.1) is 0 Å². The molecule has 1 fully saturated rings. The van der Waals surface area contributed by atoms with Crippen LogP contribution in [0.25, 0.3) is 0 Å². The Bertz CT molecular complexity index is 736. The minimum atomic E-state index is -0.0336. The molecule has 1 N–H and O–H groups in total. The molecule has 0 radical (unpaired) electrons. The number of nitrogens with zero attached hydrogens (tertiary/aromatic N) is 1. The summed E-state index contributed by atoms with van der Waals surface area (Å²) in [5, 5.41) is 9.69. The maximum absolute atomic E-state index is 12.3. The van der Waals surface area contributed by atoms with Crippen LogP contribution in [0.1, 0.15) is 24.8 Å². The highest BCUT2D eigenvalue weighted by Gasteiger charge is 2.23. The first-order valence-corrected chi connectivity index (χ1v) is 9.47. The number of carbonyl (C=O) groups excluding carboxylic acids is 1. The Hall–Kier alpha value is -2.69. The average Bonchev–Trinajstić information content (AvgIpc) is 2.72. The van der Waals surface area contributed by atoms with Crippen LogP contribution in [0.4, 0.5) is 0 Å². The molecule has 144 valence electrons. The average molecular weight is 369 g/mol. The number of amides is 1. The first kappa shape index (κ1) is 19.1. The van der Waals surface area contributed by atoms with Crippen molar-refractivity contribution in [2.75, 3.05) is 26.8 Å². The summed E-state index contributed by atoms with van der Waals surface area (Å²) in [5.74, 6) is 1.92. The number of phenolic OH excluding ortho intramolecular Hbond substituents is 1. The van der Waals surface area contributed by atoms with Crippen molar-refractivity contribution in [1.29, 1.82) is 0 Å². The lowest BCUT2D eigenvalue weighted by atomic mass is 9.90. The number of phenols is 1. The molecule has 0 aromatic heterocycles. The second-order valence-corrected chi connectivity index (χ2v) is 6.97. The third-order valence-electron chi connectivity index (χ3n) is 5.18. The molecule has 27 heavy (non-hydrogen) atoms. The molecule has 2 aromatic carbocycles. The molecule has 0 spiro atoms. The van der Waals surface area contributed by atoms with Gasteiger partial charge in [0.2, 0.25) is 0 Å². The second kappa shape index (κ2) is 9.31. The van der Waals surface area contributed by atoms with Crippen molar-refractivity contribution >= 4 is 5.91 Å². The summed E-state index contributed by atoms with van der Waals surface area (Å²) in [4.78, 5) is 14.2. The number of methoxy groups -OCH3 is 1. The molecule has 5 nitrogen and oxygen atoms in total. The van der Waals surface area contributed by atoms with E-state index >= 15 is 0 Å². The number of aromatic hydroxyl groups is 1. The van der Waals surface area contributed by atoms with E-state index in [2.05, 4.69) is 12.1 Å². The van der Waals surface area contributed by atoms with Gasteiger partial charge >= 0.3 is 0 Å². The number of benzene rings is 2. The SMILES string of the molecule is COc1ccc(CCC2CCN(C(=O)COc3ccccc3O)CC2)cc1. The van der Waals surface area contributed by atoms with Crippen LogP contribution in [-0.2, 0) is 11.2 Å². The number of likely N-dealkylation sites (tertiary alicyclic amines) is 1. The zero-order valence-corrected chi connectivity index (χ0v) is 15.8. The molecular formula is C22H27NO4. The van der Waals surface area contributed by atoms with Crippen LogP contribution >= 0.6 is 0 Å². The number of para-hydroxylation sites is 2. The summed E-state index contributed by atoms with van der Waals surface area (Å²) in [5.41, 5.74) is 1.32. The highest BCUT2D eigenvalue weighted by atomic mass is 16.5. The van der Waals surface area contributed by atoms with Gasteiger partial charge in [-0.25, -0.2) is 0 Å². The van der Waals surface area contributed by atoms with Crippen LogP contribution in [0, 0.1) is 5.92 Å². The number of hydrogen-bond donors (Lipinski definition) is 1. The van der Waals surface area contributed by atoms with Gasteiger partial charge in [-0.2, -0.15) is 0 Å². The van der Waals surface area contributed by atoms with Gasteiger partial charge in [-0.05, 0) is 61.4 Å². The van der Waals surface area contributed by atoms with Gasteiger partial charge in [-0.3, -0.25) is 4.79 Å². The van der Waals surface area contributed by atoms with Gasteiger partial charge < -0.3 is 19.5 Å². The van der Waals surface area contributed by atoms with E-state index in [1.165, 1.54) is 5.56 Å². The molecule has 0 saturated carbocycles. The molecule has 1 aliphatic rings. The maximum Gasteiger partial charge on any atom is 0.260 e. The molecule has 2 aromatic rings. The molecule has 3 rings (SSSR count). The monoisotopic (exact) mass is 369 g/mol. The fraction of sp³-hybridized carbons (Fsp3) is 0.409. The number of carbonyl (C=O) groups is 1. The van der Waals surface area contributed by atoms with E-state index in [1.807, 2.05) is 17.0 Å². The van der Waals surface area contributed by atoms with E-state index in [-0.39, 0.29) is 18.3 Å². The Morgan fingerprint density at radius 3 is 2.48 bits per heavy atom. The largest absolute Gasteiger partial charge is 0.504 e. The fourth-order valence-electron chi connectivity index (χ4n) is 3.44. The van der Waals surface area contributed by atoms with Gasteiger partial charge in [0, 0.05) is 13.1 Å². The van der Waals surface area contributed by atoms with E-state index in [4.69, 9.17) is 9.47 Å². The normalized spacial score (nSPS) is 14.8. The lowest BCUT2D eigenvalue weighted by Crippen LogP contribution is -2.41. The number of rotatable bonds is 7. The molecule has 0 bridgehead atoms. The summed E-state index contributed by atoms with van der Waals surface area (Å²) < 4.78 is 10.6. The number of hydrogen-bond acceptors (Lipinski definition) is 4. The van der Waals surface area contributed by atoms with Crippen LogP contribution in [0.2, 0.25) is 0 Å². The van der Waals surface area contributed by atoms with Crippen molar-refractivity contribution in [3.8, 4) is 17.2 Å². The van der Waals surface area contributed by atoms with Gasteiger partial charge in [0.25, 0.3) is 5.91 Å². The Labute approximate surface area is 160 Å². The zero-order chi connectivity index (χ0) is 19.1. The smallest absolute Gasteiger partial charge is 0.260 e. The van der Waals surface area contributed by atoms with E-state index in [9.17, 15) is 9.90 Å². The quantitative estimate of drug-likeness (QED) is 0.809. The lowest BCUT2D eigenvalue weighted by Gasteiger charge is -2.32. The Kier molecular flexibility index (Phi) is 6.58. The number of aryl methyl sites for hydroxylation is 1. The molecular weight excluding hydrogens is 342 g/mol. The van der Waals surface area contributed by atoms with Gasteiger partial charge in [0.15, 0.2) is 18.1 Å². The molecule has 0 aliphatic carbocycles. The van der Waals surface area contributed by atoms with Crippen molar-refractivity contribution < 1.29 is 19.4 Å². The van der Waals surface area contributed by atoms with Crippen molar-refractivity contribution in [3.05, 3.63) is 54.1 Å². The summed E-state index contributed by atoms with van der Waals surface area (Å²) in [6.45, 7) is 1.51. The van der Waals surface area contributed by atoms with Crippen molar-refractivity contribution in [1.82, 2.24) is 4.90 Å². The predicted molar refractivity (Wildman–Crippen MR) is 104 cm³/mol. The molecule has 1 amide bonds. The molecule has 0 unspecified atom stereocenters. The fourth-order valence-corrected chi connectivity index (χ4v) is 3.44. The second-order valence-electron chi connectivity index (χ2n) is 6.97. The van der Waals surface area contributed by atoms with E-state index in [1.54, 1.807) is 31.4 Å². The topological polar surface area (TPSA) is 59.0 Å². The van der Waals surface area contributed by atoms with Crippen LogP contribution < -0.4 is 9.47 Å². The van der Waals surface area contributed by atoms with Crippen LogP contribution in [0.3, 0.4) is 0 Å². The van der Waals surface area contributed by atoms with E-state index < -0.39 is 0 Å². The molecule has 0 atom stereocenters. The van der Waals surface area contributed by atoms with Crippen LogP contribution in [-0.4, -0.2) is 42.7 Å². The highest BCUT2D eigenvalue weighted by molar-refractivity contribution is 5.78. The zero-order valence-electron chi connectivity index (χ0n) is 15.8. The van der Waals surface area contributed by atoms with Crippen molar-refractivity contribution in [2.45, 2.75) is 25.7 Å². The first-order valence-electron chi connectivity index (χ1n) is 9.47. The van der Waals surface area contributed by atoms with E-state index in [0.717, 1.165) is 44.5 Å². The predicted octanol–water partition coefficient (Wildman–Crippen LogP) is 3.65. The number of piperidine rings is 1. The van der Waals surface area contributed by atoms with Gasteiger partial charge in [-0.1, -0.05) is 24.3 Å². The third-order valence-corrected chi connectivity index (χ3v) is 5.18. The molecule has 1 heterocycles. The van der Waals surface area contributed by atoms with Crippen LogP contribution in [0.15, 0.2) is 48.5 Å². The minimum Gasteiger partial charge on any atom is -0.504 e. The number of ether oxygens (including phenoxy) is 2. The van der Waals surface area contributed by atoms with E-state index in [0.29, 0.717) is 11.7 Å². The van der Waals surface area contributed by atoms with Crippen molar-refractivity contribution in [3.63, 3.8) is 0 Å². The molecule has 1 aliphatic heterocycles. The summed E-state index contributed by atoms with van der Waals surface area (Å²) in [7, 11) is 1.68. The summed E-state index contributed by atoms with van der Waals surface area (Å²) >= 11 is 0. The summed E-state index contributed by atoms with van der Waals surface area (Å²) in [6, 6.07) is 14.9. The Morgan fingerprint density at radius 2 is 1.81 bits per heavy atom. The standard InChI is InChI=1S/C22H27NO4/c1-26-19-10-8-17(9-11-19)6-7-18-12-14-23(15-13-18)22(25)16-27-21-5-3-2-4-20(21)24/h2-5,8-11,18,24H,6-7,12-16H2,1H3. The van der Waals surface area contributed by atoms with Gasteiger partial charge in [0.05, 0.1) is 7.11 Å². The Balaban J connectivity index is 1.39. The summed E-state index contributed by atoms with van der Waals surface area (Å²) in [6.07, 6.45) is 4.25. The maximum atomic E-state index is 12.3. The molecule has 5 heteroatoms. The van der Waals surface area contributed by atoms with Gasteiger partial charge in [0.1, 0.15) is 5.75 Å². The molecule has 1 saturated heterocycles. The minimum absolute atomic E-state index is 0.0214. The van der Waals surface area contributed by atoms with Crippen LogP contribution in [0.5, 0.6) is 17.2 Å². The lowest BCUT2D eigenvalue weighted by molar-refractivity contribution is -0.134. The first-order chi connectivity index (χ1) is 13.2. The third kappa shape index (κ3) is 5.39.